The third-order valence-corrected chi connectivity index (χ3v) is 5.50. The zero-order valence-corrected chi connectivity index (χ0v) is 17.7. The Balaban J connectivity index is 1.62. The fourth-order valence-electron chi connectivity index (χ4n) is 3.86. The van der Waals surface area contributed by atoms with E-state index in [1.165, 1.54) is 0 Å². The molecular weight excluding hydrogens is 406 g/mol. The number of rotatable bonds is 5. The van der Waals surface area contributed by atoms with Gasteiger partial charge in [0.15, 0.2) is 0 Å². The maximum Gasteiger partial charge on any atom is 0.262 e. The van der Waals surface area contributed by atoms with Crippen LogP contribution in [0.2, 0.25) is 0 Å². The molecule has 32 heavy (non-hydrogen) atoms. The van der Waals surface area contributed by atoms with Gasteiger partial charge in [0, 0.05) is 30.4 Å². The first-order valence-corrected chi connectivity index (χ1v) is 10.3. The van der Waals surface area contributed by atoms with Crippen molar-refractivity contribution < 1.29 is 4.52 Å². The Kier molecular flexibility index (Phi) is 4.63. The highest BCUT2D eigenvalue weighted by atomic mass is 16.5. The van der Waals surface area contributed by atoms with Crippen LogP contribution in [0.1, 0.15) is 49.1 Å². The first kappa shape index (κ1) is 19.8. The van der Waals surface area contributed by atoms with E-state index in [9.17, 15) is 4.79 Å². The van der Waals surface area contributed by atoms with Crippen LogP contribution in [0.15, 0.2) is 39.8 Å². The molecule has 0 aliphatic heterocycles. The fraction of sp³-hybridized carbons (Fsp3) is 0.261. The Labute approximate surface area is 183 Å². The Morgan fingerprint density at radius 2 is 2.12 bits per heavy atom. The van der Waals surface area contributed by atoms with Crippen LogP contribution in [0.5, 0.6) is 0 Å². The van der Waals surface area contributed by atoms with Crippen LogP contribution in [0, 0.1) is 19.3 Å². The molecule has 5 rings (SSSR count). The summed E-state index contributed by atoms with van der Waals surface area (Å²) in [7, 11) is 0. The topological polar surface area (TPSA) is 125 Å². The normalized spacial score (nSPS) is 14.3. The van der Waals surface area contributed by atoms with Gasteiger partial charge in [-0.3, -0.25) is 9.36 Å². The monoisotopic (exact) mass is 427 g/mol. The number of hydrogen-bond donors (Lipinski definition) is 2. The van der Waals surface area contributed by atoms with Gasteiger partial charge in [0.1, 0.15) is 11.6 Å². The van der Waals surface area contributed by atoms with Gasteiger partial charge in [-0.1, -0.05) is 17.1 Å². The minimum atomic E-state index is -0.358. The predicted octanol–water partition coefficient (Wildman–Crippen LogP) is 3.22. The van der Waals surface area contributed by atoms with Crippen LogP contribution >= 0.6 is 0 Å². The second-order valence-electron chi connectivity index (χ2n) is 7.85. The Bertz CT molecular complexity index is 1440. The van der Waals surface area contributed by atoms with Crippen molar-refractivity contribution in [3.63, 3.8) is 0 Å². The number of nitrogens with two attached hydrogens (primary N) is 1. The number of nitrogens with one attached hydrogen (secondary N) is 1. The van der Waals surface area contributed by atoms with E-state index in [2.05, 4.69) is 26.4 Å². The van der Waals surface area contributed by atoms with Crippen LogP contribution in [0.25, 0.3) is 22.3 Å². The third kappa shape index (κ3) is 3.26. The van der Waals surface area contributed by atoms with Crippen molar-refractivity contribution in [1.82, 2.24) is 24.7 Å². The number of nitrogens with zero attached hydrogens (tertiary/aromatic N) is 5. The minimum Gasteiger partial charge on any atom is -0.398 e. The van der Waals surface area contributed by atoms with Crippen molar-refractivity contribution in [3.8, 4) is 23.7 Å². The van der Waals surface area contributed by atoms with Crippen molar-refractivity contribution in [2.75, 3.05) is 11.1 Å². The highest BCUT2D eigenvalue weighted by Gasteiger charge is 2.31. The van der Waals surface area contributed by atoms with Gasteiger partial charge in [0.2, 0.25) is 11.7 Å². The Hall–Kier alpha value is -4.19. The highest BCUT2D eigenvalue weighted by molar-refractivity contribution is 5.84. The van der Waals surface area contributed by atoms with E-state index in [1.807, 2.05) is 13.0 Å². The number of aryl methyl sites for hydroxylation is 1. The first-order valence-electron chi connectivity index (χ1n) is 10.3. The maximum absolute atomic E-state index is 13.4. The molecule has 1 saturated carbocycles. The van der Waals surface area contributed by atoms with Crippen molar-refractivity contribution in [2.45, 2.75) is 38.8 Å². The van der Waals surface area contributed by atoms with E-state index in [-0.39, 0.29) is 17.6 Å². The first-order chi connectivity index (χ1) is 15.5. The lowest BCUT2D eigenvalue weighted by molar-refractivity contribution is 0.394. The summed E-state index contributed by atoms with van der Waals surface area (Å²) >= 11 is 0. The number of terminal acetylenes is 1. The number of nitrogen functional groups attached to an aromatic ring is 1. The highest BCUT2D eigenvalue weighted by Crippen LogP contribution is 2.37. The second kappa shape index (κ2) is 7.50. The SMILES string of the molecule is C#Cc1cccc2nc([C@H](C)Nc3nccc(N)c3-c3noc(C)n3)n(C3CC3)c(=O)c12. The molecular formula is C23H21N7O2. The molecule has 9 nitrogen and oxygen atoms in total. The minimum absolute atomic E-state index is 0.109. The van der Waals surface area contributed by atoms with Crippen molar-refractivity contribution in [3.05, 3.63) is 58.1 Å². The molecule has 3 heterocycles. The molecule has 3 aromatic heterocycles. The standard InChI is InChI=1S/C23H21N7O2/c1-4-14-6-5-7-17-18(14)23(31)30(15-8-9-15)22(28-17)12(2)26-20-19(16(24)10-11-25-20)21-27-13(3)32-29-21/h1,5-7,10-12,15H,8-9H2,2-3H3,(H3,24,25,26)/t12-/m0/s1. The van der Waals surface area contributed by atoms with Crippen molar-refractivity contribution in [2.24, 2.45) is 0 Å². The summed E-state index contributed by atoms with van der Waals surface area (Å²) in [6.45, 7) is 3.63. The van der Waals surface area contributed by atoms with Crippen LogP contribution in [0.4, 0.5) is 11.5 Å². The lowest BCUT2D eigenvalue weighted by atomic mass is 10.1. The molecule has 9 heteroatoms. The molecule has 3 N–H and O–H groups in total. The Morgan fingerprint density at radius 3 is 2.81 bits per heavy atom. The average molecular weight is 427 g/mol. The quantitative estimate of drug-likeness (QED) is 0.465. The number of anilines is 2. The zero-order valence-electron chi connectivity index (χ0n) is 17.7. The smallest absolute Gasteiger partial charge is 0.262 e. The Morgan fingerprint density at radius 1 is 1.31 bits per heavy atom. The second-order valence-corrected chi connectivity index (χ2v) is 7.85. The molecule has 4 aromatic rings. The van der Waals surface area contributed by atoms with Gasteiger partial charge >= 0.3 is 0 Å². The molecule has 0 spiro atoms. The van der Waals surface area contributed by atoms with Gasteiger partial charge in [-0.25, -0.2) is 9.97 Å². The largest absolute Gasteiger partial charge is 0.398 e. The van der Waals surface area contributed by atoms with Gasteiger partial charge < -0.3 is 15.6 Å². The fourth-order valence-corrected chi connectivity index (χ4v) is 3.86. The van der Waals surface area contributed by atoms with E-state index in [4.69, 9.17) is 21.7 Å². The number of aromatic nitrogens is 5. The number of benzene rings is 1. The summed E-state index contributed by atoms with van der Waals surface area (Å²) in [5.74, 6) is 4.45. The van der Waals surface area contributed by atoms with E-state index >= 15 is 0 Å². The summed E-state index contributed by atoms with van der Waals surface area (Å²) in [5.41, 5.74) is 8.20. The number of hydrogen-bond acceptors (Lipinski definition) is 8. The lowest BCUT2D eigenvalue weighted by Gasteiger charge is -2.21. The summed E-state index contributed by atoms with van der Waals surface area (Å²) in [5, 5.41) is 7.80. The molecule has 1 fully saturated rings. The summed E-state index contributed by atoms with van der Waals surface area (Å²) in [6, 6.07) is 6.80. The van der Waals surface area contributed by atoms with Gasteiger partial charge in [0.25, 0.3) is 5.56 Å². The van der Waals surface area contributed by atoms with E-state index in [0.717, 1.165) is 12.8 Å². The van der Waals surface area contributed by atoms with E-state index < -0.39 is 0 Å². The molecule has 1 atom stereocenters. The lowest BCUT2D eigenvalue weighted by Crippen LogP contribution is -2.28. The van der Waals surface area contributed by atoms with Crippen LogP contribution < -0.4 is 16.6 Å². The van der Waals surface area contributed by atoms with Gasteiger partial charge in [-0.2, -0.15) is 4.98 Å². The van der Waals surface area contributed by atoms with Gasteiger partial charge in [-0.15, -0.1) is 6.42 Å². The van der Waals surface area contributed by atoms with Crippen molar-refractivity contribution >= 4 is 22.4 Å². The maximum atomic E-state index is 13.4. The predicted molar refractivity (Wildman–Crippen MR) is 121 cm³/mol. The van der Waals surface area contributed by atoms with Gasteiger partial charge in [0.05, 0.1) is 22.5 Å². The molecule has 0 amide bonds. The summed E-state index contributed by atoms with van der Waals surface area (Å²) in [4.78, 5) is 27.0. The van der Waals surface area contributed by atoms with Crippen molar-refractivity contribution in [1.29, 1.82) is 0 Å². The van der Waals surface area contributed by atoms with E-state index in [0.29, 0.717) is 51.1 Å². The molecule has 0 saturated heterocycles. The van der Waals surface area contributed by atoms with Gasteiger partial charge in [-0.05, 0) is 38.0 Å². The third-order valence-electron chi connectivity index (χ3n) is 5.50. The van der Waals surface area contributed by atoms with Crippen LogP contribution in [-0.4, -0.2) is 24.7 Å². The molecule has 1 aliphatic carbocycles. The molecule has 0 unspecified atom stereocenters. The van der Waals surface area contributed by atoms with Crippen LogP contribution in [-0.2, 0) is 0 Å². The van der Waals surface area contributed by atoms with E-state index in [1.54, 1.807) is 35.9 Å². The summed E-state index contributed by atoms with van der Waals surface area (Å²) < 4.78 is 6.87. The van der Waals surface area contributed by atoms with Crippen LogP contribution in [0.3, 0.4) is 0 Å². The number of fused-ring (bicyclic) bond motifs is 1. The molecule has 0 radical (unpaired) electrons. The molecule has 1 aliphatic rings. The summed E-state index contributed by atoms with van der Waals surface area (Å²) in [6.07, 6.45) is 9.09. The molecule has 0 bridgehead atoms. The zero-order chi connectivity index (χ0) is 22.4. The number of pyridine rings is 1. The average Bonchev–Trinajstić information content (AvgIpc) is 3.53. The molecule has 1 aromatic carbocycles. The molecule has 160 valence electrons.